The number of nitrogens with two attached hydrogens (primary N) is 1. The van der Waals surface area contributed by atoms with Gasteiger partial charge in [0.1, 0.15) is 12.1 Å². The number of piperazine rings is 1. The molecule has 2 aliphatic rings. The summed E-state index contributed by atoms with van der Waals surface area (Å²) in [4.78, 5) is 31.7. The van der Waals surface area contributed by atoms with Gasteiger partial charge >= 0.3 is 0 Å². The maximum Gasteiger partial charge on any atom is 0.237 e. The second-order valence-corrected chi connectivity index (χ2v) is 10.2. The number of rotatable bonds is 6. The summed E-state index contributed by atoms with van der Waals surface area (Å²) in [5.74, 6) is 0.593. The van der Waals surface area contributed by atoms with Crippen molar-refractivity contribution < 1.29 is 9.53 Å². The fourth-order valence-electron chi connectivity index (χ4n) is 5.30. The average Bonchev–Trinajstić information content (AvgIpc) is 3.22. The smallest absolute Gasteiger partial charge is 0.237 e. The van der Waals surface area contributed by atoms with Crippen LogP contribution in [0.25, 0.3) is 21.8 Å². The maximum absolute atomic E-state index is 13.1. The number of hydrogen-bond acceptors (Lipinski definition) is 7. The maximum atomic E-state index is 13.1. The Morgan fingerprint density at radius 1 is 0.946 bits per heavy atom. The van der Waals surface area contributed by atoms with E-state index in [1.807, 2.05) is 41.3 Å². The molecule has 0 aliphatic carbocycles. The number of halogens is 1. The highest BCUT2D eigenvalue weighted by molar-refractivity contribution is 6.31. The molecule has 10 heteroatoms. The number of amides is 1. The summed E-state index contributed by atoms with van der Waals surface area (Å²) in [6, 6.07) is 11.9. The van der Waals surface area contributed by atoms with Gasteiger partial charge in [-0.1, -0.05) is 17.7 Å². The summed E-state index contributed by atoms with van der Waals surface area (Å²) in [5, 5.41) is 2.71. The molecule has 2 saturated heterocycles. The molecule has 192 valence electrons. The van der Waals surface area contributed by atoms with Crippen molar-refractivity contribution in [2.24, 2.45) is 0 Å². The van der Waals surface area contributed by atoms with Gasteiger partial charge < -0.3 is 20.4 Å². The molecule has 0 atom stereocenters. The number of H-pyrrole nitrogens is 1. The normalized spacial score (nSPS) is 17.8. The van der Waals surface area contributed by atoms with Crippen molar-refractivity contribution in [3.63, 3.8) is 0 Å². The first-order valence-electron chi connectivity index (χ1n) is 12.6. The van der Waals surface area contributed by atoms with E-state index in [0.717, 1.165) is 77.5 Å². The molecular formula is C27H30ClN7O2. The number of nitrogen functional groups attached to an aromatic ring is 1. The summed E-state index contributed by atoms with van der Waals surface area (Å²) in [5.41, 5.74) is 11.3. The highest BCUT2D eigenvalue weighted by Gasteiger charge is 2.26. The van der Waals surface area contributed by atoms with Crippen LogP contribution in [0.1, 0.15) is 16.8 Å². The molecule has 0 radical (unpaired) electrons. The molecule has 2 aromatic heterocycles. The molecule has 3 N–H and O–H groups in total. The number of morpholine rings is 1. The summed E-state index contributed by atoms with van der Waals surface area (Å²) in [6.07, 6.45) is 1.47. The first-order valence-corrected chi connectivity index (χ1v) is 13.0. The molecule has 2 fully saturated rings. The highest BCUT2D eigenvalue weighted by atomic mass is 35.5. The van der Waals surface area contributed by atoms with E-state index in [1.54, 1.807) is 0 Å². The van der Waals surface area contributed by atoms with Gasteiger partial charge in [-0.15, -0.1) is 0 Å². The van der Waals surface area contributed by atoms with Crippen LogP contribution in [0, 0.1) is 0 Å². The van der Waals surface area contributed by atoms with Gasteiger partial charge in [-0.2, -0.15) is 0 Å². The Labute approximate surface area is 220 Å². The molecule has 2 aliphatic heterocycles. The Hall–Kier alpha value is -3.24. The molecule has 4 aromatic rings. The largest absolute Gasteiger partial charge is 0.383 e. The van der Waals surface area contributed by atoms with Gasteiger partial charge in [0, 0.05) is 72.8 Å². The van der Waals surface area contributed by atoms with E-state index < -0.39 is 0 Å². The van der Waals surface area contributed by atoms with Crippen LogP contribution in [0.4, 0.5) is 5.82 Å². The zero-order valence-electron chi connectivity index (χ0n) is 20.6. The summed E-state index contributed by atoms with van der Waals surface area (Å²) in [6.45, 7) is 7.29. The lowest BCUT2D eigenvalue weighted by molar-refractivity contribution is -0.136. The van der Waals surface area contributed by atoms with Crippen LogP contribution in [0.15, 0.2) is 42.7 Å². The topological polar surface area (TPSA) is 104 Å². The minimum absolute atomic E-state index is 0.127. The second-order valence-electron chi connectivity index (χ2n) is 9.80. The van der Waals surface area contributed by atoms with Crippen molar-refractivity contribution >= 4 is 45.1 Å². The lowest BCUT2D eigenvalue weighted by Gasteiger charge is -2.34. The summed E-state index contributed by atoms with van der Waals surface area (Å²) < 4.78 is 5.54. The fraction of sp³-hybridized carbons (Fsp3) is 0.370. The molecule has 37 heavy (non-hydrogen) atoms. The Morgan fingerprint density at radius 2 is 1.81 bits per heavy atom. The number of aromatic nitrogens is 3. The van der Waals surface area contributed by atoms with Crippen molar-refractivity contribution in [2.45, 2.75) is 19.6 Å². The van der Waals surface area contributed by atoms with Gasteiger partial charge in [-0.25, -0.2) is 9.97 Å². The molecule has 0 unspecified atom stereocenters. The van der Waals surface area contributed by atoms with Crippen molar-refractivity contribution in [3.05, 3.63) is 64.6 Å². The van der Waals surface area contributed by atoms with Gasteiger partial charge in [0.15, 0.2) is 0 Å². The number of aromatic amines is 1. The Balaban J connectivity index is 1.16. The molecule has 2 aromatic carbocycles. The third-order valence-electron chi connectivity index (χ3n) is 7.33. The third kappa shape index (κ3) is 5.13. The average molecular weight is 520 g/mol. The number of anilines is 1. The minimum Gasteiger partial charge on any atom is -0.383 e. The molecular weight excluding hydrogens is 490 g/mol. The molecule has 6 rings (SSSR count). The lowest BCUT2D eigenvalue weighted by Crippen LogP contribution is -2.49. The predicted molar refractivity (Wildman–Crippen MR) is 144 cm³/mol. The molecule has 4 heterocycles. The van der Waals surface area contributed by atoms with Crippen molar-refractivity contribution in [3.8, 4) is 0 Å². The van der Waals surface area contributed by atoms with Crippen LogP contribution in [-0.4, -0.2) is 81.5 Å². The number of nitrogens with zero attached hydrogens (tertiary/aromatic N) is 5. The number of carbonyl (C=O) groups is 1. The Kier molecular flexibility index (Phi) is 6.69. The fourth-order valence-corrected chi connectivity index (χ4v) is 5.47. The van der Waals surface area contributed by atoms with Gasteiger partial charge in [0.05, 0.1) is 25.3 Å². The van der Waals surface area contributed by atoms with Crippen LogP contribution >= 0.6 is 11.6 Å². The zero-order valence-corrected chi connectivity index (χ0v) is 21.4. The SMILES string of the molecule is Nc1ncnc2cc(CN3CCN(Cc4[nH]c5ccc(Cl)cc5c4CN4CCOCC4)CC3=O)ccc12. The van der Waals surface area contributed by atoms with E-state index in [0.29, 0.717) is 32.0 Å². The Bertz CT molecular complexity index is 1450. The second kappa shape index (κ2) is 10.3. The first kappa shape index (κ1) is 24.1. The van der Waals surface area contributed by atoms with E-state index >= 15 is 0 Å². The van der Waals surface area contributed by atoms with Gasteiger partial charge in [0.25, 0.3) is 0 Å². The number of nitrogens with one attached hydrogen (secondary N) is 1. The molecule has 1 amide bonds. The van der Waals surface area contributed by atoms with Crippen molar-refractivity contribution in [2.75, 3.05) is 51.7 Å². The number of fused-ring (bicyclic) bond motifs is 2. The van der Waals surface area contributed by atoms with Crippen molar-refractivity contribution in [1.29, 1.82) is 0 Å². The standard InChI is InChI=1S/C27H30ClN7O2/c28-19-2-4-23-21(12-19)22(14-33-7-9-37-10-8-33)25(32-23)15-34-5-6-35(26(36)16-34)13-18-1-3-20-24(11-18)30-17-31-27(20)29/h1-4,11-12,17,32H,5-10,13-16H2,(H2,29,30,31). The number of hydrogen-bond donors (Lipinski definition) is 2. The molecule has 9 nitrogen and oxygen atoms in total. The monoisotopic (exact) mass is 519 g/mol. The molecule has 0 bridgehead atoms. The van der Waals surface area contributed by atoms with Crippen LogP contribution in [0.2, 0.25) is 5.02 Å². The van der Waals surface area contributed by atoms with E-state index in [2.05, 4.69) is 24.8 Å². The van der Waals surface area contributed by atoms with Gasteiger partial charge in [-0.3, -0.25) is 14.6 Å². The van der Waals surface area contributed by atoms with Gasteiger partial charge in [0.2, 0.25) is 5.91 Å². The zero-order chi connectivity index (χ0) is 25.4. The number of ether oxygens (including phenoxy) is 1. The van der Waals surface area contributed by atoms with Crippen LogP contribution in [0.5, 0.6) is 0 Å². The number of benzene rings is 2. The number of carbonyl (C=O) groups excluding carboxylic acids is 1. The molecule has 0 saturated carbocycles. The van der Waals surface area contributed by atoms with E-state index in [1.165, 1.54) is 11.9 Å². The van der Waals surface area contributed by atoms with Crippen LogP contribution in [0.3, 0.4) is 0 Å². The first-order chi connectivity index (χ1) is 18.0. The van der Waals surface area contributed by atoms with Crippen LogP contribution in [-0.2, 0) is 29.2 Å². The third-order valence-corrected chi connectivity index (χ3v) is 7.56. The Morgan fingerprint density at radius 3 is 2.65 bits per heavy atom. The predicted octanol–water partition coefficient (Wildman–Crippen LogP) is 3.02. The minimum atomic E-state index is 0.127. The lowest BCUT2D eigenvalue weighted by atomic mass is 10.1. The summed E-state index contributed by atoms with van der Waals surface area (Å²) >= 11 is 6.35. The summed E-state index contributed by atoms with van der Waals surface area (Å²) in [7, 11) is 0. The van der Waals surface area contributed by atoms with Crippen molar-refractivity contribution in [1.82, 2.24) is 29.7 Å². The molecule has 0 spiro atoms. The highest BCUT2D eigenvalue weighted by Crippen LogP contribution is 2.28. The van der Waals surface area contributed by atoms with E-state index in [4.69, 9.17) is 22.1 Å². The quantitative estimate of drug-likeness (QED) is 0.403. The van der Waals surface area contributed by atoms with E-state index in [9.17, 15) is 4.79 Å². The van der Waals surface area contributed by atoms with E-state index in [-0.39, 0.29) is 5.91 Å². The van der Waals surface area contributed by atoms with Gasteiger partial charge in [-0.05, 0) is 41.5 Å². The van der Waals surface area contributed by atoms with Crippen LogP contribution < -0.4 is 5.73 Å².